The third-order valence-corrected chi connectivity index (χ3v) is 3.12. The fourth-order valence-electron chi connectivity index (χ4n) is 2.03. The summed E-state index contributed by atoms with van der Waals surface area (Å²) in [5, 5.41) is 3.00. The number of nitrogens with one attached hydrogen (secondary N) is 1. The summed E-state index contributed by atoms with van der Waals surface area (Å²) >= 11 is 0. The molecular formula is C14H19ClN2O4. The van der Waals surface area contributed by atoms with Crippen LogP contribution in [-0.4, -0.2) is 49.7 Å². The molecular weight excluding hydrogens is 296 g/mol. The molecule has 1 aliphatic heterocycles. The number of benzene rings is 1. The van der Waals surface area contributed by atoms with Crippen LogP contribution in [0.4, 0.5) is 4.79 Å². The standard InChI is InChI=1S/C14H18N2O4.ClH/c1-19-13(17)12-9-16(8-7-15-12)14(18)20-10-11-5-3-2-4-6-11;/h2-6,12,15H,7-10H2,1H3;1H. The van der Waals surface area contributed by atoms with Crippen molar-refractivity contribution < 1.29 is 19.1 Å². The molecule has 6 nitrogen and oxygen atoms in total. The zero-order valence-corrected chi connectivity index (χ0v) is 12.6. The lowest BCUT2D eigenvalue weighted by Gasteiger charge is -2.31. The van der Waals surface area contributed by atoms with Gasteiger partial charge in [0.15, 0.2) is 0 Å². The summed E-state index contributed by atoms with van der Waals surface area (Å²) < 4.78 is 9.90. The number of hydrogen-bond donors (Lipinski definition) is 1. The van der Waals surface area contributed by atoms with Gasteiger partial charge in [0.25, 0.3) is 0 Å². The van der Waals surface area contributed by atoms with Gasteiger partial charge in [0.2, 0.25) is 0 Å². The van der Waals surface area contributed by atoms with Crippen molar-refractivity contribution >= 4 is 24.5 Å². The van der Waals surface area contributed by atoms with E-state index in [1.54, 1.807) is 0 Å². The lowest BCUT2D eigenvalue weighted by molar-refractivity contribution is -0.144. The first-order valence-corrected chi connectivity index (χ1v) is 6.47. The molecule has 1 heterocycles. The number of halogens is 1. The predicted octanol–water partition coefficient (Wildman–Crippen LogP) is 1.19. The van der Waals surface area contributed by atoms with Gasteiger partial charge in [-0.15, -0.1) is 12.4 Å². The number of ether oxygens (including phenoxy) is 2. The Morgan fingerprint density at radius 1 is 1.33 bits per heavy atom. The Kier molecular flexibility index (Phi) is 6.98. The van der Waals surface area contributed by atoms with Crippen molar-refractivity contribution in [1.82, 2.24) is 10.2 Å². The number of rotatable bonds is 3. The monoisotopic (exact) mass is 314 g/mol. The quantitative estimate of drug-likeness (QED) is 0.849. The summed E-state index contributed by atoms with van der Waals surface area (Å²) in [6, 6.07) is 8.98. The number of carbonyl (C=O) groups is 2. The van der Waals surface area contributed by atoms with Gasteiger partial charge in [0, 0.05) is 13.1 Å². The number of nitrogens with zero attached hydrogens (tertiary/aromatic N) is 1. The van der Waals surface area contributed by atoms with E-state index in [4.69, 9.17) is 4.74 Å². The second-order valence-electron chi connectivity index (χ2n) is 4.52. The highest BCUT2D eigenvalue weighted by Gasteiger charge is 2.29. The van der Waals surface area contributed by atoms with E-state index in [-0.39, 0.29) is 31.5 Å². The zero-order valence-electron chi connectivity index (χ0n) is 11.8. The molecule has 0 radical (unpaired) electrons. The van der Waals surface area contributed by atoms with Gasteiger partial charge < -0.3 is 19.7 Å². The van der Waals surface area contributed by atoms with Crippen molar-refractivity contribution in [2.45, 2.75) is 12.6 Å². The molecule has 1 aromatic rings. The Morgan fingerprint density at radius 3 is 2.71 bits per heavy atom. The maximum absolute atomic E-state index is 12.0. The molecule has 21 heavy (non-hydrogen) atoms. The molecule has 0 bridgehead atoms. The maximum atomic E-state index is 12.0. The van der Waals surface area contributed by atoms with Crippen LogP contribution in [0.2, 0.25) is 0 Å². The van der Waals surface area contributed by atoms with Crippen LogP contribution in [0.5, 0.6) is 0 Å². The van der Waals surface area contributed by atoms with Gasteiger partial charge in [-0.3, -0.25) is 4.79 Å². The van der Waals surface area contributed by atoms with Crippen LogP contribution in [-0.2, 0) is 20.9 Å². The number of methoxy groups -OCH3 is 1. The molecule has 0 spiro atoms. The van der Waals surface area contributed by atoms with Gasteiger partial charge in [-0.25, -0.2) is 4.79 Å². The first kappa shape index (κ1) is 17.3. The SMILES string of the molecule is COC(=O)C1CN(C(=O)OCc2ccccc2)CCN1.Cl. The molecule has 1 N–H and O–H groups in total. The molecule has 1 aromatic carbocycles. The van der Waals surface area contributed by atoms with Crippen LogP contribution >= 0.6 is 12.4 Å². The lowest BCUT2D eigenvalue weighted by atomic mass is 10.2. The molecule has 1 amide bonds. The molecule has 2 rings (SSSR count). The lowest BCUT2D eigenvalue weighted by Crippen LogP contribution is -2.56. The van der Waals surface area contributed by atoms with Gasteiger partial charge in [-0.2, -0.15) is 0 Å². The third-order valence-electron chi connectivity index (χ3n) is 3.12. The predicted molar refractivity (Wildman–Crippen MR) is 79.3 cm³/mol. The number of carbonyl (C=O) groups excluding carboxylic acids is 2. The van der Waals surface area contributed by atoms with Crippen LogP contribution in [0.3, 0.4) is 0 Å². The third kappa shape index (κ3) is 4.91. The molecule has 116 valence electrons. The molecule has 0 aromatic heterocycles. The number of amides is 1. The first-order chi connectivity index (χ1) is 9.70. The van der Waals surface area contributed by atoms with E-state index in [0.717, 1.165) is 5.56 Å². The molecule has 0 saturated carbocycles. The fourth-order valence-corrected chi connectivity index (χ4v) is 2.03. The van der Waals surface area contributed by atoms with E-state index in [2.05, 4.69) is 10.1 Å². The summed E-state index contributed by atoms with van der Waals surface area (Å²) in [6.07, 6.45) is -0.413. The maximum Gasteiger partial charge on any atom is 0.410 e. The highest BCUT2D eigenvalue weighted by molar-refractivity contribution is 5.85. The Balaban J connectivity index is 0.00000220. The van der Waals surface area contributed by atoms with Gasteiger partial charge in [0.05, 0.1) is 13.7 Å². The van der Waals surface area contributed by atoms with E-state index in [1.807, 2.05) is 30.3 Å². The zero-order chi connectivity index (χ0) is 14.4. The Labute approximate surface area is 129 Å². The van der Waals surface area contributed by atoms with E-state index in [1.165, 1.54) is 12.0 Å². The second-order valence-corrected chi connectivity index (χ2v) is 4.52. The minimum Gasteiger partial charge on any atom is -0.468 e. The van der Waals surface area contributed by atoms with Crippen LogP contribution in [0.25, 0.3) is 0 Å². The normalized spacial score (nSPS) is 17.6. The summed E-state index contributed by atoms with van der Waals surface area (Å²) in [6.45, 7) is 1.55. The first-order valence-electron chi connectivity index (χ1n) is 6.47. The minimum atomic E-state index is -0.488. The molecule has 1 atom stereocenters. The summed E-state index contributed by atoms with van der Waals surface area (Å²) in [5.74, 6) is -0.370. The second kappa shape index (κ2) is 8.49. The molecule has 1 fully saturated rings. The number of hydrogen-bond acceptors (Lipinski definition) is 5. The van der Waals surface area contributed by atoms with E-state index < -0.39 is 12.1 Å². The average molecular weight is 315 g/mol. The summed E-state index contributed by atoms with van der Waals surface area (Å²) in [7, 11) is 1.33. The van der Waals surface area contributed by atoms with Crippen LogP contribution in [0.15, 0.2) is 30.3 Å². The molecule has 7 heteroatoms. The topological polar surface area (TPSA) is 67.9 Å². The molecule has 0 aliphatic carbocycles. The van der Waals surface area contributed by atoms with Crippen molar-refractivity contribution in [1.29, 1.82) is 0 Å². The Morgan fingerprint density at radius 2 is 2.05 bits per heavy atom. The Hall–Kier alpha value is -1.79. The van der Waals surface area contributed by atoms with Crippen molar-refractivity contribution in [3.8, 4) is 0 Å². The summed E-state index contributed by atoms with van der Waals surface area (Å²) in [5.41, 5.74) is 0.931. The highest BCUT2D eigenvalue weighted by Crippen LogP contribution is 2.06. The van der Waals surface area contributed by atoms with Gasteiger partial charge in [-0.1, -0.05) is 30.3 Å². The van der Waals surface area contributed by atoms with Crippen LogP contribution < -0.4 is 5.32 Å². The molecule has 1 aliphatic rings. The molecule has 1 saturated heterocycles. The van der Waals surface area contributed by atoms with Crippen molar-refractivity contribution in [2.24, 2.45) is 0 Å². The van der Waals surface area contributed by atoms with Crippen molar-refractivity contribution in [3.05, 3.63) is 35.9 Å². The highest BCUT2D eigenvalue weighted by atomic mass is 35.5. The fraction of sp³-hybridized carbons (Fsp3) is 0.429. The van der Waals surface area contributed by atoms with E-state index >= 15 is 0 Å². The molecule has 1 unspecified atom stereocenters. The van der Waals surface area contributed by atoms with Crippen molar-refractivity contribution in [3.63, 3.8) is 0 Å². The average Bonchev–Trinajstić information content (AvgIpc) is 2.53. The number of esters is 1. The summed E-state index contributed by atoms with van der Waals surface area (Å²) in [4.78, 5) is 24.9. The Bertz CT molecular complexity index is 469. The van der Waals surface area contributed by atoms with Gasteiger partial charge in [0.1, 0.15) is 12.6 Å². The largest absolute Gasteiger partial charge is 0.468 e. The van der Waals surface area contributed by atoms with Gasteiger partial charge >= 0.3 is 12.1 Å². The van der Waals surface area contributed by atoms with Gasteiger partial charge in [-0.05, 0) is 5.56 Å². The minimum absolute atomic E-state index is 0. The van der Waals surface area contributed by atoms with Crippen LogP contribution in [0.1, 0.15) is 5.56 Å². The van der Waals surface area contributed by atoms with Crippen molar-refractivity contribution in [2.75, 3.05) is 26.7 Å². The van der Waals surface area contributed by atoms with Crippen LogP contribution in [0, 0.1) is 0 Å². The smallest absolute Gasteiger partial charge is 0.410 e. The van der Waals surface area contributed by atoms with E-state index in [0.29, 0.717) is 13.1 Å². The number of piperazine rings is 1. The van der Waals surface area contributed by atoms with E-state index in [9.17, 15) is 9.59 Å².